The Hall–Kier alpha value is -2.81. The van der Waals surface area contributed by atoms with Crippen molar-refractivity contribution < 1.29 is 13.6 Å². The molecule has 1 aromatic heterocycles. The van der Waals surface area contributed by atoms with Crippen LogP contribution in [-0.2, 0) is 0 Å². The minimum absolute atomic E-state index is 0.00100. The third-order valence-electron chi connectivity index (χ3n) is 4.15. The molecular formula is C21H12BrClFN3O2S. The van der Waals surface area contributed by atoms with E-state index in [2.05, 4.69) is 31.5 Å². The zero-order valence-electron chi connectivity index (χ0n) is 15.1. The molecule has 0 bridgehead atoms. The van der Waals surface area contributed by atoms with Crippen LogP contribution >= 0.6 is 39.7 Å². The zero-order valence-corrected chi connectivity index (χ0v) is 18.2. The van der Waals surface area contributed by atoms with Gasteiger partial charge >= 0.3 is 0 Å². The van der Waals surface area contributed by atoms with Crippen molar-refractivity contribution in [3.8, 4) is 11.5 Å². The van der Waals surface area contributed by atoms with Gasteiger partial charge in [-0.15, -0.1) is 0 Å². The lowest BCUT2D eigenvalue weighted by Gasteiger charge is -2.10. The summed E-state index contributed by atoms with van der Waals surface area (Å²) in [4.78, 5) is 16.8. The molecule has 5 nitrogen and oxygen atoms in total. The average Bonchev–Trinajstić information content (AvgIpc) is 3.11. The van der Waals surface area contributed by atoms with Crippen LogP contribution < -0.4 is 10.6 Å². The maximum Gasteiger partial charge on any atom is 0.258 e. The molecule has 1 heterocycles. The highest BCUT2D eigenvalue weighted by Gasteiger charge is 2.14. The van der Waals surface area contributed by atoms with E-state index < -0.39 is 11.7 Å². The smallest absolute Gasteiger partial charge is 0.258 e. The van der Waals surface area contributed by atoms with E-state index in [1.54, 1.807) is 18.2 Å². The molecule has 4 rings (SSSR count). The number of fused-ring (bicyclic) bond motifs is 1. The molecule has 0 fully saturated rings. The van der Waals surface area contributed by atoms with E-state index in [1.165, 1.54) is 6.07 Å². The molecule has 0 radical (unpaired) electrons. The number of carbonyl (C=O) groups is 1. The highest BCUT2D eigenvalue weighted by Crippen LogP contribution is 2.30. The van der Waals surface area contributed by atoms with Gasteiger partial charge in [0.15, 0.2) is 10.7 Å². The maximum atomic E-state index is 13.2. The number of carbonyl (C=O) groups excluding carboxylic acids is 1. The number of hydrogen-bond acceptors (Lipinski definition) is 4. The lowest BCUT2D eigenvalue weighted by atomic mass is 10.2. The van der Waals surface area contributed by atoms with E-state index >= 15 is 0 Å². The van der Waals surface area contributed by atoms with Crippen molar-refractivity contribution in [2.75, 3.05) is 5.32 Å². The lowest BCUT2D eigenvalue weighted by Crippen LogP contribution is -2.34. The number of anilines is 1. The van der Waals surface area contributed by atoms with Gasteiger partial charge in [0.05, 0.1) is 16.1 Å². The normalized spacial score (nSPS) is 10.8. The van der Waals surface area contributed by atoms with Crippen LogP contribution in [0.25, 0.3) is 22.6 Å². The van der Waals surface area contributed by atoms with Crippen LogP contribution in [0.15, 0.2) is 69.6 Å². The quantitative estimate of drug-likeness (QED) is 0.326. The summed E-state index contributed by atoms with van der Waals surface area (Å²) in [6.45, 7) is 0. The molecular weight excluding hydrogens is 493 g/mol. The van der Waals surface area contributed by atoms with Crippen LogP contribution in [0.1, 0.15) is 10.4 Å². The highest BCUT2D eigenvalue weighted by atomic mass is 79.9. The number of hydrogen-bond donors (Lipinski definition) is 2. The molecule has 1 amide bonds. The van der Waals surface area contributed by atoms with E-state index in [9.17, 15) is 9.18 Å². The first-order valence-electron chi connectivity index (χ1n) is 8.63. The zero-order chi connectivity index (χ0) is 21.3. The fourth-order valence-corrected chi connectivity index (χ4v) is 3.68. The van der Waals surface area contributed by atoms with Crippen LogP contribution in [0.5, 0.6) is 0 Å². The molecule has 0 aliphatic rings. The van der Waals surface area contributed by atoms with Gasteiger partial charge in [0, 0.05) is 10.2 Å². The summed E-state index contributed by atoms with van der Waals surface area (Å²) >= 11 is 14.6. The summed E-state index contributed by atoms with van der Waals surface area (Å²) in [7, 11) is 0. The molecule has 0 saturated carbocycles. The summed E-state index contributed by atoms with van der Waals surface area (Å²) in [6.07, 6.45) is 0. The Morgan fingerprint density at radius 2 is 1.93 bits per heavy atom. The van der Waals surface area contributed by atoms with Gasteiger partial charge in [-0.25, -0.2) is 9.37 Å². The van der Waals surface area contributed by atoms with Gasteiger partial charge in [-0.3, -0.25) is 10.1 Å². The average molecular weight is 505 g/mol. The van der Waals surface area contributed by atoms with Gasteiger partial charge in [0.25, 0.3) is 5.91 Å². The topological polar surface area (TPSA) is 67.2 Å². The van der Waals surface area contributed by atoms with E-state index in [-0.39, 0.29) is 15.7 Å². The van der Waals surface area contributed by atoms with Crippen LogP contribution in [-0.4, -0.2) is 16.0 Å². The predicted molar refractivity (Wildman–Crippen MR) is 122 cm³/mol. The Morgan fingerprint density at radius 1 is 1.13 bits per heavy atom. The lowest BCUT2D eigenvalue weighted by molar-refractivity contribution is 0.0978. The van der Waals surface area contributed by atoms with Gasteiger partial charge in [-0.2, -0.15) is 0 Å². The third-order valence-corrected chi connectivity index (χ3v) is 5.36. The molecule has 150 valence electrons. The van der Waals surface area contributed by atoms with Gasteiger partial charge in [0.2, 0.25) is 5.89 Å². The summed E-state index contributed by atoms with van der Waals surface area (Å²) in [5.74, 6) is -0.590. The first kappa shape index (κ1) is 20.5. The number of nitrogens with one attached hydrogen (secondary N) is 2. The second kappa shape index (κ2) is 8.51. The Balaban J connectivity index is 1.50. The summed E-state index contributed by atoms with van der Waals surface area (Å²) in [6, 6.07) is 16.4. The summed E-state index contributed by atoms with van der Waals surface area (Å²) < 4.78 is 19.8. The molecule has 9 heteroatoms. The van der Waals surface area contributed by atoms with E-state index in [0.29, 0.717) is 22.7 Å². The van der Waals surface area contributed by atoms with Crippen LogP contribution in [0, 0.1) is 5.82 Å². The van der Waals surface area contributed by atoms with E-state index in [0.717, 1.165) is 22.2 Å². The molecule has 0 atom stereocenters. The van der Waals surface area contributed by atoms with Crippen molar-refractivity contribution in [3.05, 3.63) is 81.5 Å². The van der Waals surface area contributed by atoms with Crippen LogP contribution in [0.2, 0.25) is 5.02 Å². The Bertz CT molecular complexity index is 1290. The largest absolute Gasteiger partial charge is 0.436 e. The minimum atomic E-state index is -0.545. The number of oxazole rings is 1. The van der Waals surface area contributed by atoms with E-state index in [1.807, 2.05) is 24.3 Å². The fourth-order valence-electron chi connectivity index (χ4n) is 2.76. The number of rotatable bonds is 3. The van der Waals surface area contributed by atoms with Crippen molar-refractivity contribution in [3.63, 3.8) is 0 Å². The second-order valence-electron chi connectivity index (χ2n) is 6.21. The summed E-state index contributed by atoms with van der Waals surface area (Å²) in [5.41, 5.74) is 2.81. The Morgan fingerprint density at radius 3 is 2.70 bits per heavy atom. The predicted octanol–water partition coefficient (Wildman–Crippen LogP) is 6.18. The first-order chi connectivity index (χ1) is 14.4. The second-order valence-corrected chi connectivity index (χ2v) is 7.88. The van der Waals surface area contributed by atoms with E-state index in [4.69, 9.17) is 28.2 Å². The maximum absolute atomic E-state index is 13.2. The number of aromatic nitrogens is 1. The van der Waals surface area contributed by atoms with Crippen LogP contribution in [0.4, 0.5) is 10.1 Å². The highest BCUT2D eigenvalue weighted by molar-refractivity contribution is 9.10. The van der Waals surface area contributed by atoms with Crippen molar-refractivity contribution in [1.29, 1.82) is 0 Å². The first-order valence-corrected chi connectivity index (χ1v) is 10.2. The Kier molecular flexibility index (Phi) is 5.80. The number of benzene rings is 3. The monoisotopic (exact) mass is 503 g/mol. The SMILES string of the molecule is O=C(NC(=S)Nc1ccc2oc(-c3ccccc3Br)nc2c1)c1ccc(F)cc1Cl. The third kappa shape index (κ3) is 4.35. The van der Waals surface area contributed by atoms with Crippen molar-refractivity contribution in [2.45, 2.75) is 0 Å². The molecule has 4 aromatic rings. The fraction of sp³-hybridized carbons (Fsp3) is 0. The number of amides is 1. The van der Waals surface area contributed by atoms with Gasteiger partial charge in [-0.1, -0.05) is 23.7 Å². The molecule has 0 unspecified atom stereocenters. The number of halogens is 3. The summed E-state index contributed by atoms with van der Waals surface area (Å²) in [5, 5.41) is 5.50. The molecule has 30 heavy (non-hydrogen) atoms. The van der Waals surface area contributed by atoms with Gasteiger partial charge in [-0.05, 0) is 76.7 Å². The van der Waals surface area contributed by atoms with Gasteiger partial charge in [0.1, 0.15) is 11.3 Å². The Labute approximate surface area is 189 Å². The minimum Gasteiger partial charge on any atom is -0.436 e. The van der Waals surface area contributed by atoms with Crippen LogP contribution in [0.3, 0.4) is 0 Å². The van der Waals surface area contributed by atoms with Gasteiger partial charge < -0.3 is 9.73 Å². The van der Waals surface area contributed by atoms with Crippen molar-refractivity contribution in [2.24, 2.45) is 0 Å². The molecule has 0 aliphatic heterocycles. The van der Waals surface area contributed by atoms with Crippen molar-refractivity contribution >= 4 is 67.6 Å². The standard InChI is InChI=1S/C21H12BrClFN3O2S/c22-15-4-2-1-3-13(15)20-26-17-10-12(6-8-18(17)29-20)25-21(30)27-19(28)14-7-5-11(24)9-16(14)23/h1-10H,(H2,25,27,28,30). The molecule has 0 saturated heterocycles. The molecule has 0 spiro atoms. The number of thiocarbonyl (C=S) groups is 1. The molecule has 3 aromatic carbocycles. The molecule has 2 N–H and O–H groups in total. The van der Waals surface area contributed by atoms with Crippen molar-refractivity contribution in [1.82, 2.24) is 10.3 Å². The molecule has 0 aliphatic carbocycles. The number of nitrogens with zero attached hydrogens (tertiary/aromatic N) is 1.